The normalized spacial score (nSPS) is 25.2. The molecule has 0 spiro atoms. The van der Waals surface area contributed by atoms with Gasteiger partial charge in [0.05, 0.1) is 0 Å². The fourth-order valence-electron chi connectivity index (χ4n) is 1.38. The van der Waals surface area contributed by atoms with E-state index in [-0.39, 0.29) is 0 Å². The molecule has 2 heterocycles. The lowest BCUT2D eigenvalue weighted by Gasteiger charge is -2.04. The highest BCUT2D eigenvalue weighted by Crippen LogP contribution is 2.28. The maximum absolute atomic E-state index is 5.56. The second-order valence-corrected chi connectivity index (χ2v) is 3.17. The topological polar surface area (TPSA) is 85.5 Å². The molecule has 5 heteroatoms. The van der Waals surface area contributed by atoms with Crippen LogP contribution < -0.4 is 16.0 Å². The van der Waals surface area contributed by atoms with Crippen LogP contribution in [0, 0.1) is 0 Å². The van der Waals surface area contributed by atoms with Gasteiger partial charge in [-0.2, -0.15) is 0 Å². The molecule has 0 amide bonds. The molecule has 1 aromatic heterocycles. The van der Waals surface area contributed by atoms with Gasteiger partial charge in [-0.05, 0) is 12.1 Å². The number of benzene rings is 1. The van der Waals surface area contributed by atoms with Crippen LogP contribution in [0.5, 0.6) is 5.75 Å². The number of nitrogens with one attached hydrogen (secondary N) is 2. The number of rotatable bonds is 2. The third-order valence-electron chi connectivity index (χ3n) is 2.12. The van der Waals surface area contributed by atoms with E-state index in [0.717, 1.165) is 10.9 Å². The minimum atomic E-state index is -1.15. The van der Waals surface area contributed by atoms with Crippen LogP contribution in [-0.4, -0.2) is 11.0 Å². The predicted octanol–water partition coefficient (Wildman–Crippen LogP) is 0.652. The van der Waals surface area contributed by atoms with Crippen LogP contribution in [-0.2, 0) is 4.84 Å². The summed E-state index contributed by atoms with van der Waals surface area (Å²) in [6, 6.07) is 6.66. The minimum Gasteiger partial charge on any atom is -0.432 e. The molecule has 14 heavy (non-hydrogen) atoms. The number of hydrogen-bond acceptors (Lipinski definition) is 4. The van der Waals surface area contributed by atoms with Crippen LogP contribution in [0.2, 0.25) is 0 Å². The van der Waals surface area contributed by atoms with Crippen molar-refractivity contribution in [2.75, 3.05) is 0 Å². The van der Waals surface area contributed by atoms with Crippen LogP contribution in [0.15, 0.2) is 30.5 Å². The molecule has 1 atom stereocenters. The zero-order valence-electron chi connectivity index (χ0n) is 7.28. The smallest absolute Gasteiger partial charge is 0.372 e. The Balaban J connectivity index is 2.04. The molecule has 1 aliphatic rings. The average Bonchev–Trinajstić information content (AvgIpc) is 2.77. The van der Waals surface area contributed by atoms with Crippen molar-refractivity contribution in [2.24, 2.45) is 5.73 Å². The fraction of sp³-hybridized carbons (Fsp3) is 0.111. The lowest BCUT2D eigenvalue weighted by Crippen LogP contribution is -2.34. The predicted molar refractivity (Wildman–Crippen MR) is 50.1 cm³/mol. The summed E-state index contributed by atoms with van der Waals surface area (Å²) < 4.78 is 5.38. The maximum Gasteiger partial charge on any atom is 0.372 e. The number of ether oxygens (including phenoxy) is 1. The van der Waals surface area contributed by atoms with E-state index < -0.39 is 6.03 Å². The molecule has 2 aromatic rings. The third kappa shape index (κ3) is 1.15. The summed E-state index contributed by atoms with van der Waals surface area (Å²) in [5.41, 5.74) is 9.02. The Hall–Kier alpha value is -1.56. The highest BCUT2D eigenvalue weighted by molar-refractivity contribution is 5.85. The molecule has 1 saturated heterocycles. The summed E-state index contributed by atoms with van der Waals surface area (Å²) in [6.07, 6.45) is 1.75. The number of fused-ring (bicyclic) bond motifs is 1. The maximum atomic E-state index is 5.56. The Labute approximate surface area is 79.8 Å². The van der Waals surface area contributed by atoms with Gasteiger partial charge in [0, 0.05) is 17.1 Å². The molecule has 3 rings (SSSR count). The molecule has 1 unspecified atom stereocenters. The average molecular weight is 191 g/mol. The number of aromatic amines is 1. The summed E-state index contributed by atoms with van der Waals surface area (Å²) in [7, 11) is 0. The first-order valence-corrected chi connectivity index (χ1v) is 4.26. The summed E-state index contributed by atoms with van der Waals surface area (Å²) in [5.74, 6) is 0.674. The SMILES string of the molecule is NC1(Oc2c[nH]c3ccccc23)NO1. The van der Waals surface area contributed by atoms with Crippen LogP contribution >= 0.6 is 0 Å². The molecule has 1 aliphatic heterocycles. The van der Waals surface area contributed by atoms with Gasteiger partial charge in [0.1, 0.15) is 0 Å². The summed E-state index contributed by atoms with van der Waals surface area (Å²) in [5, 5.41) is 0.981. The van der Waals surface area contributed by atoms with E-state index in [1.54, 1.807) is 6.20 Å². The van der Waals surface area contributed by atoms with Crippen molar-refractivity contribution < 1.29 is 9.57 Å². The number of para-hydroxylation sites is 1. The second-order valence-electron chi connectivity index (χ2n) is 3.17. The van der Waals surface area contributed by atoms with Gasteiger partial charge in [0.2, 0.25) is 0 Å². The molecule has 0 saturated carbocycles. The Morgan fingerprint density at radius 2 is 2.14 bits per heavy atom. The van der Waals surface area contributed by atoms with Crippen molar-refractivity contribution in [1.29, 1.82) is 0 Å². The van der Waals surface area contributed by atoms with Crippen molar-refractivity contribution >= 4 is 10.9 Å². The standard InChI is InChI=1S/C9H9N3O2/c10-9(12-14-9)13-8-5-11-7-4-2-1-3-6(7)8/h1-5,11-12H,10H2. The van der Waals surface area contributed by atoms with E-state index in [1.807, 2.05) is 24.3 Å². The Morgan fingerprint density at radius 1 is 1.36 bits per heavy atom. The van der Waals surface area contributed by atoms with Crippen molar-refractivity contribution in [3.63, 3.8) is 0 Å². The van der Waals surface area contributed by atoms with Crippen molar-refractivity contribution in [2.45, 2.75) is 6.03 Å². The quantitative estimate of drug-likeness (QED) is 0.480. The monoisotopic (exact) mass is 191 g/mol. The van der Waals surface area contributed by atoms with Crippen LogP contribution in [0.3, 0.4) is 0 Å². The molecule has 72 valence electrons. The van der Waals surface area contributed by atoms with Gasteiger partial charge >= 0.3 is 6.03 Å². The van der Waals surface area contributed by atoms with Crippen LogP contribution in [0.25, 0.3) is 10.9 Å². The molecule has 0 aliphatic carbocycles. The van der Waals surface area contributed by atoms with Gasteiger partial charge in [0.15, 0.2) is 5.75 Å². The summed E-state index contributed by atoms with van der Waals surface area (Å²) in [4.78, 5) is 7.78. The highest BCUT2D eigenvalue weighted by atomic mass is 17.0. The van der Waals surface area contributed by atoms with E-state index in [1.165, 1.54) is 0 Å². The number of H-pyrrole nitrogens is 1. The Morgan fingerprint density at radius 3 is 2.93 bits per heavy atom. The van der Waals surface area contributed by atoms with E-state index in [4.69, 9.17) is 15.3 Å². The minimum absolute atomic E-state index is 0.674. The molecular weight excluding hydrogens is 182 g/mol. The first-order valence-electron chi connectivity index (χ1n) is 4.26. The lowest BCUT2D eigenvalue weighted by molar-refractivity contribution is 0.0701. The molecule has 1 aromatic carbocycles. The first-order chi connectivity index (χ1) is 6.77. The van der Waals surface area contributed by atoms with Crippen molar-refractivity contribution in [3.8, 4) is 5.75 Å². The van der Waals surface area contributed by atoms with Crippen LogP contribution in [0.4, 0.5) is 0 Å². The van der Waals surface area contributed by atoms with Gasteiger partial charge in [-0.15, -0.1) is 5.48 Å². The van der Waals surface area contributed by atoms with E-state index in [2.05, 4.69) is 10.5 Å². The van der Waals surface area contributed by atoms with Gasteiger partial charge in [0.25, 0.3) is 0 Å². The molecule has 0 radical (unpaired) electrons. The summed E-state index contributed by atoms with van der Waals surface area (Å²) in [6.45, 7) is 0. The van der Waals surface area contributed by atoms with E-state index in [0.29, 0.717) is 5.75 Å². The molecule has 1 fully saturated rings. The van der Waals surface area contributed by atoms with E-state index in [9.17, 15) is 0 Å². The summed E-state index contributed by atoms with van der Waals surface area (Å²) >= 11 is 0. The highest BCUT2D eigenvalue weighted by Gasteiger charge is 2.44. The van der Waals surface area contributed by atoms with Gasteiger partial charge in [-0.25, -0.2) is 4.84 Å². The van der Waals surface area contributed by atoms with Crippen LogP contribution in [0.1, 0.15) is 0 Å². The number of nitrogens with two attached hydrogens (primary N) is 1. The largest absolute Gasteiger partial charge is 0.432 e. The number of hydroxylamine groups is 1. The van der Waals surface area contributed by atoms with Crippen molar-refractivity contribution in [1.82, 2.24) is 10.5 Å². The lowest BCUT2D eigenvalue weighted by atomic mass is 10.2. The Kier molecular flexibility index (Phi) is 1.38. The fourth-order valence-corrected chi connectivity index (χ4v) is 1.38. The zero-order chi connectivity index (χ0) is 9.60. The zero-order valence-corrected chi connectivity index (χ0v) is 7.28. The Bertz CT molecular complexity index is 476. The first kappa shape index (κ1) is 7.81. The number of aromatic nitrogens is 1. The molecule has 4 N–H and O–H groups in total. The number of hydrogen-bond donors (Lipinski definition) is 3. The van der Waals surface area contributed by atoms with E-state index >= 15 is 0 Å². The van der Waals surface area contributed by atoms with Gasteiger partial charge in [-0.1, -0.05) is 12.1 Å². The molecule has 0 bridgehead atoms. The van der Waals surface area contributed by atoms with Gasteiger partial charge in [-0.3, -0.25) is 5.73 Å². The second kappa shape index (κ2) is 2.48. The third-order valence-corrected chi connectivity index (χ3v) is 2.12. The molecule has 5 nitrogen and oxygen atoms in total. The molecular formula is C9H9N3O2. The van der Waals surface area contributed by atoms with Crippen molar-refractivity contribution in [3.05, 3.63) is 30.5 Å². The van der Waals surface area contributed by atoms with Gasteiger partial charge < -0.3 is 9.72 Å².